The largest absolute Gasteiger partial charge is 0.270 e. The fraction of sp³-hybridized carbons (Fsp3) is 0. The Hall–Kier alpha value is -2.89. The van der Waals surface area contributed by atoms with Gasteiger partial charge < -0.3 is 0 Å². The predicted octanol–water partition coefficient (Wildman–Crippen LogP) is 3.34. The number of hydrogen-bond acceptors (Lipinski definition) is 4. The van der Waals surface area contributed by atoms with Crippen molar-refractivity contribution in [2.24, 2.45) is 0 Å². The Labute approximate surface area is 112 Å². The molecule has 3 aromatic rings. The zero-order chi connectivity index (χ0) is 14.1. The molecule has 20 heavy (non-hydrogen) atoms. The normalized spacial score (nSPS) is 10.7. The van der Waals surface area contributed by atoms with Gasteiger partial charge in [0.2, 0.25) is 0 Å². The van der Waals surface area contributed by atoms with Gasteiger partial charge in [0.15, 0.2) is 0 Å². The van der Waals surface area contributed by atoms with Crippen molar-refractivity contribution in [1.29, 1.82) is 0 Å². The van der Waals surface area contributed by atoms with Crippen LogP contribution >= 0.6 is 0 Å². The van der Waals surface area contributed by atoms with E-state index in [-0.39, 0.29) is 5.69 Å². The van der Waals surface area contributed by atoms with Crippen LogP contribution in [0.2, 0.25) is 0 Å². The van der Waals surface area contributed by atoms with Gasteiger partial charge in [0.25, 0.3) is 5.69 Å². The molecule has 0 bridgehead atoms. The summed E-state index contributed by atoms with van der Waals surface area (Å²) in [6, 6.07) is 10.4. The second-order valence-electron chi connectivity index (χ2n) is 4.16. The molecule has 0 spiro atoms. The first-order chi connectivity index (χ1) is 9.66. The van der Waals surface area contributed by atoms with E-state index in [1.165, 1.54) is 30.6 Å². The summed E-state index contributed by atoms with van der Waals surface area (Å²) in [6.07, 6.45) is 1.32. The van der Waals surface area contributed by atoms with Crippen LogP contribution < -0.4 is 0 Å². The molecule has 0 aliphatic heterocycles. The Morgan fingerprint density at radius 1 is 1.10 bits per heavy atom. The summed E-state index contributed by atoms with van der Waals surface area (Å²) < 4.78 is 13.9. The fourth-order valence-corrected chi connectivity index (χ4v) is 2.03. The van der Waals surface area contributed by atoms with Crippen molar-refractivity contribution in [3.63, 3.8) is 0 Å². The lowest BCUT2D eigenvalue weighted by atomic mass is 10.1. The van der Waals surface area contributed by atoms with E-state index in [4.69, 9.17) is 0 Å². The van der Waals surface area contributed by atoms with Crippen molar-refractivity contribution in [3.05, 3.63) is 64.7 Å². The SMILES string of the molecule is O=[N+]([O-])c1ccc2ncnc(-c3ccccc3F)c2c1. The summed E-state index contributed by atoms with van der Waals surface area (Å²) in [5.41, 5.74) is 1.09. The zero-order valence-corrected chi connectivity index (χ0v) is 10.2. The van der Waals surface area contributed by atoms with Gasteiger partial charge in [-0.3, -0.25) is 10.1 Å². The number of nitrogens with zero attached hydrogens (tertiary/aromatic N) is 3. The minimum absolute atomic E-state index is 0.0788. The maximum Gasteiger partial charge on any atom is 0.270 e. The molecule has 6 heteroatoms. The smallest absolute Gasteiger partial charge is 0.258 e. The standard InChI is InChI=1S/C14H8FN3O2/c15-12-4-2-1-3-10(12)14-11-7-9(18(19)20)5-6-13(11)16-8-17-14/h1-8H. The summed E-state index contributed by atoms with van der Waals surface area (Å²) in [6.45, 7) is 0. The lowest BCUT2D eigenvalue weighted by molar-refractivity contribution is -0.384. The van der Waals surface area contributed by atoms with Crippen LogP contribution in [-0.2, 0) is 0 Å². The summed E-state index contributed by atoms with van der Waals surface area (Å²) >= 11 is 0. The molecular formula is C14H8FN3O2. The van der Waals surface area contributed by atoms with Crippen LogP contribution in [0.25, 0.3) is 22.2 Å². The van der Waals surface area contributed by atoms with E-state index in [0.29, 0.717) is 22.2 Å². The Balaban J connectivity index is 2.33. The Kier molecular flexibility index (Phi) is 2.83. The molecule has 0 saturated carbocycles. The first kappa shape index (κ1) is 12.2. The van der Waals surface area contributed by atoms with Crippen LogP contribution in [0.1, 0.15) is 0 Å². The second kappa shape index (κ2) is 4.65. The van der Waals surface area contributed by atoms with Crippen LogP contribution in [0.4, 0.5) is 10.1 Å². The number of non-ortho nitro benzene ring substituents is 1. The van der Waals surface area contributed by atoms with E-state index in [2.05, 4.69) is 9.97 Å². The van der Waals surface area contributed by atoms with Crippen molar-refractivity contribution in [2.45, 2.75) is 0 Å². The number of fused-ring (bicyclic) bond motifs is 1. The number of benzene rings is 2. The van der Waals surface area contributed by atoms with Gasteiger partial charge in [-0.1, -0.05) is 12.1 Å². The highest BCUT2D eigenvalue weighted by Gasteiger charge is 2.14. The van der Waals surface area contributed by atoms with Crippen LogP contribution in [0.5, 0.6) is 0 Å². The molecule has 0 amide bonds. The predicted molar refractivity (Wildman–Crippen MR) is 71.6 cm³/mol. The van der Waals surface area contributed by atoms with Crippen molar-refractivity contribution in [2.75, 3.05) is 0 Å². The van der Waals surface area contributed by atoms with E-state index in [9.17, 15) is 14.5 Å². The molecule has 0 aliphatic carbocycles. The minimum Gasteiger partial charge on any atom is -0.258 e. The van der Waals surface area contributed by atoms with Gasteiger partial charge in [0, 0.05) is 23.1 Å². The molecule has 5 nitrogen and oxygen atoms in total. The number of halogens is 1. The topological polar surface area (TPSA) is 68.9 Å². The summed E-state index contributed by atoms with van der Waals surface area (Å²) in [4.78, 5) is 18.5. The van der Waals surface area contributed by atoms with Gasteiger partial charge in [-0.05, 0) is 18.2 Å². The average molecular weight is 269 g/mol. The molecule has 98 valence electrons. The quantitative estimate of drug-likeness (QED) is 0.528. The third kappa shape index (κ3) is 1.97. The first-order valence-corrected chi connectivity index (χ1v) is 5.81. The van der Waals surface area contributed by atoms with Crippen molar-refractivity contribution in [3.8, 4) is 11.3 Å². The first-order valence-electron chi connectivity index (χ1n) is 5.81. The monoisotopic (exact) mass is 269 g/mol. The number of rotatable bonds is 2. The molecule has 0 aliphatic rings. The maximum atomic E-state index is 13.9. The maximum absolute atomic E-state index is 13.9. The van der Waals surface area contributed by atoms with Gasteiger partial charge in [-0.2, -0.15) is 0 Å². The fourth-order valence-electron chi connectivity index (χ4n) is 2.03. The summed E-state index contributed by atoms with van der Waals surface area (Å²) in [5, 5.41) is 11.3. The van der Waals surface area contributed by atoms with Crippen LogP contribution in [0.15, 0.2) is 48.8 Å². The highest BCUT2D eigenvalue weighted by atomic mass is 19.1. The molecule has 2 aromatic carbocycles. The minimum atomic E-state index is -0.502. The van der Waals surface area contributed by atoms with E-state index in [1.807, 2.05) is 0 Å². The van der Waals surface area contributed by atoms with Crippen molar-refractivity contribution >= 4 is 16.6 Å². The molecule has 0 N–H and O–H groups in total. The Morgan fingerprint density at radius 3 is 2.65 bits per heavy atom. The third-order valence-corrected chi connectivity index (χ3v) is 2.96. The Bertz CT molecular complexity index is 820. The third-order valence-electron chi connectivity index (χ3n) is 2.96. The molecule has 0 unspecified atom stereocenters. The molecule has 1 aromatic heterocycles. The summed E-state index contributed by atoms with van der Waals surface area (Å²) in [5.74, 6) is -0.431. The zero-order valence-electron chi connectivity index (χ0n) is 10.2. The van der Waals surface area contributed by atoms with E-state index in [1.54, 1.807) is 18.2 Å². The molecule has 0 radical (unpaired) electrons. The van der Waals surface area contributed by atoms with Crippen molar-refractivity contribution in [1.82, 2.24) is 9.97 Å². The van der Waals surface area contributed by atoms with Crippen LogP contribution in [0, 0.1) is 15.9 Å². The van der Waals surface area contributed by atoms with Gasteiger partial charge >= 0.3 is 0 Å². The second-order valence-corrected chi connectivity index (χ2v) is 4.16. The average Bonchev–Trinajstić information content (AvgIpc) is 2.46. The van der Waals surface area contributed by atoms with E-state index >= 15 is 0 Å². The lowest BCUT2D eigenvalue weighted by Crippen LogP contribution is -1.93. The molecule has 0 fully saturated rings. The molecule has 0 atom stereocenters. The number of nitro benzene ring substituents is 1. The van der Waals surface area contributed by atoms with Crippen LogP contribution in [-0.4, -0.2) is 14.9 Å². The lowest BCUT2D eigenvalue weighted by Gasteiger charge is -2.06. The van der Waals surface area contributed by atoms with E-state index in [0.717, 1.165) is 0 Å². The molecular weight excluding hydrogens is 261 g/mol. The van der Waals surface area contributed by atoms with E-state index < -0.39 is 10.7 Å². The van der Waals surface area contributed by atoms with Crippen molar-refractivity contribution < 1.29 is 9.31 Å². The number of nitro groups is 1. The summed E-state index contributed by atoms with van der Waals surface area (Å²) in [7, 11) is 0. The molecule has 3 rings (SSSR count). The van der Waals surface area contributed by atoms with Gasteiger partial charge in [-0.15, -0.1) is 0 Å². The van der Waals surface area contributed by atoms with Crippen LogP contribution in [0.3, 0.4) is 0 Å². The van der Waals surface area contributed by atoms with Gasteiger partial charge in [0.1, 0.15) is 12.1 Å². The molecule has 1 heterocycles. The number of hydrogen-bond donors (Lipinski definition) is 0. The highest BCUT2D eigenvalue weighted by molar-refractivity contribution is 5.93. The highest BCUT2D eigenvalue weighted by Crippen LogP contribution is 2.29. The molecule has 0 saturated heterocycles. The van der Waals surface area contributed by atoms with Gasteiger partial charge in [0.05, 0.1) is 16.1 Å². The Morgan fingerprint density at radius 2 is 1.90 bits per heavy atom. The number of aromatic nitrogens is 2. The van der Waals surface area contributed by atoms with Gasteiger partial charge in [-0.25, -0.2) is 14.4 Å².